The van der Waals surface area contributed by atoms with E-state index in [0.29, 0.717) is 16.9 Å². The zero-order valence-corrected chi connectivity index (χ0v) is 14.6. The van der Waals surface area contributed by atoms with E-state index in [0.717, 1.165) is 5.56 Å². The molecule has 0 radical (unpaired) electrons. The van der Waals surface area contributed by atoms with Gasteiger partial charge < -0.3 is 14.9 Å². The highest BCUT2D eigenvalue weighted by Crippen LogP contribution is 2.26. The van der Waals surface area contributed by atoms with Crippen molar-refractivity contribution < 1.29 is 24.5 Å². The van der Waals surface area contributed by atoms with Gasteiger partial charge in [0.05, 0.1) is 13.5 Å². The van der Waals surface area contributed by atoms with Crippen molar-refractivity contribution in [2.24, 2.45) is 0 Å². The Balaban J connectivity index is 1.94. The van der Waals surface area contributed by atoms with Crippen molar-refractivity contribution in [3.05, 3.63) is 65.2 Å². The number of methoxy groups -OCH3 is 1. The Hall–Kier alpha value is -3.34. The number of phenolic OH excluding ortho intramolecular Hbond substituents is 2. The molecular formula is C21H20O5. The molecule has 2 aromatic carbocycles. The summed E-state index contributed by atoms with van der Waals surface area (Å²) in [6, 6.07) is 9.82. The number of carbonyl (C=O) groups is 2. The SMILES string of the molecule is COc1ccc(/C=C/C(=O)CC(=O)/C=C/c2ccc(C)c(O)c2)cc1O. The second kappa shape index (κ2) is 8.67. The summed E-state index contributed by atoms with van der Waals surface area (Å²) < 4.78 is 4.95. The average Bonchev–Trinajstić information content (AvgIpc) is 2.61. The number of carbonyl (C=O) groups excluding carboxylic acids is 2. The minimum absolute atomic E-state index is 0.0255. The third-order valence-corrected chi connectivity index (χ3v) is 3.71. The Morgan fingerprint density at radius 1 is 0.923 bits per heavy atom. The number of rotatable bonds is 7. The molecule has 0 bridgehead atoms. The molecule has 0 spiro atoms. The van der Waals surface area contributed by atoms with Gasteiger partial charge in [0.2, 0.25) is 0 Å². The molecule has 0 unspecified atom stereocenters. The van der Waals surface area contributed by atoms with Crippen LogP contribution in [0.1, 0.15) is 23.1 Å². The van der Waals surface area contributed by atoms with E-state index >= 15 is 0 Å². The molecule has 0 saturated carbocycles. The number of ketones is 2. The Labute approximate surface area is 151 Å². The van der Waals surface area contributed by atoms with Crippen LogP contribution in [0.25, 0.3) is 12.2 Å². The van der Waals surface area contributed by atoms with Crippen LogP contribution in [-0.2, 0) is 9.59 Å². The summed E-state index contributed by atoms with van der Waals surface area (Å²) in [5.74, 6) is -0.209. The molecule has 26 heavy (non-hydrogen) atoms. The van der Waals surface area contributed by atoms with Gasteiger partial charge in [0, 0.05) is 0 Å². The fraction of sp³-hybridized carbons (Fsp3) is 0.143. The Morgan fingerprint density at radius 3 is 1.96 bits per heavy atom. The second-order valence-corrected chi connectivity index (χ2v) is 5.75. The van der Waals surface area contributed by atoms with Gasteiger partial charge in [-0.1, -0.05) is 30.4 Å². The molecule has 5 nitrogen and oxygen atoms in total. The number of phenols is 2. The van der Waals surface area contributed by atoms with Gasteiger partial charge in [-0.2, -0.15) is 0 Å². The Kier molecular flexibility index (Phi) is 6.33. The van der Waals surface area contributed by atoms with Gasteiger partial charge in [-0.25, -0.2) is 0 Å². The number of aryl methyl sites for hydroxylation is 1. The predicted octanol–water partition coefficient (Wildman–Crippen LogP) is 3.67. The molecule has 0 saturated heterocycles. The predicted molar refractivity (Wildman–Crippen MR) is 100 cm³/mol. The molecule has 0 aliphatic carbocycles. The first kappa shape index (κ1) is 19.0. The van der Waals surface area contributed by atoms with Gasteiger partial charge in [0.25, 0.3) is 0 Å². The summed E-state index contributed by atoms with van der Waals surface area (Å²) in [5, 5.41) is 19.3. The highest BCUT2D eigenvalue weighted by Gasteiger charge is 2.05. The molecule has 2 aromatic rings. The van der Waals surface area contributed by atoms with Crippen molar-refractivity contribution in [1.82, 2.24) is 0 Å². The van der Waals surface area contributed by atoms with Crippen molar-refractivity contribution >= 4 is 23.7 Å². The van der Waals surface area contributed by atoms with Crippen LogP contribution in [0.5, 0.6) is 17.2 Å². The van der Waals surface area contributed by atoms with Crippen LogP contribution < -0.4 is 4.74 Å². The molecule has 0 heterocycles. The molecule has 0 amide bonds. The summed E-state index contributed by atoms with van der Waals surface area (Å²) in [6.07, 6.45) is 5.43. The number of allylic oxidation sites excluding steroid dienone is 2. The van der Waals surface area contributed by atoms with Crippen molar-refractivity contribution in [3.8, 4) is 17.2 Å². The first-order valence-electron chi connectivity index (χ1n) is 7.97. The van der Waals surface area contributed by atoms with Crippen LogP contribution in [-0.4, -0.2) is 28.9 Å². The van der Waals surface area contributed by atoms with E-state index < -0.39 is 0 Å². The number of hydrogen-bond donors (Lipinski definition) is 2. The quantitative estimate of drug-likeness (QED) is 0.587. The van der Waals surface area contributed by atoms with Crippen molar-refractivity contribution in [2.45, 2.75) is 13.3 Å². The fourth-order valence-electron chi connectivity index (χ4n) is 2.21. The molecule has 0 aliphatic rings. The lowest BCUT2D eigenvalue weighted by Gasteiger charge is -2.03. The fourth-order valence-corrected chi connectivity index (χ4v) is 2.21. The smallest absolute Gasteiger partial charge is 0.163 e. The van der Waals surface area contributed by atoms with Crippen molar-refractivity contribution in [1.29, 1.82) is 0 Å². The lowest BCUT2D eigenvalue weighted by Crippen LogP contribution is -2.01. The maximum absolute atomic E-state index is 11.9. The summed E-state index contributed by atoms with van der Waals surface area (Å²) in [5.41, 5.74) is 2.05. The van der Waals surface area contributed by atoms with Gasteiger partial charge in [0.1, 0.15) is 5.75 Å². The Morgan fingerprint density at radius 2 is 1.46 bits per heavy atom. The van der Waals surface area contributed by atoms with Gasteiger partial charge in [0.15, 0.2) is 23.1 Å². The number of hydrogen-bond acceptors (Lipinski definition) is 5. The van der Waals surface area contributed by atoms with E-state index in [1.54, 1.807) is 43.3 Å². The Bertz CT molecular complexity index is 878. The number of benzene rings is 2. The minimum atomic E-state index is -0.346. The second-order valence-electron chi connectivity index (χ2n) is 5.75. The van der Waals surface area contributed by atoms with Crippen LogP contribution in [0.3, 0.4) is 0 Å². The summed E-state index contributed by atoms with van der Waals surface area (Å²) in [7, 11) is 1.45. The average molecular weight is 352 g/mol. The summed E-state index contributed by atoms with van der Waals surface area (Å²) in [6.45, 7) is 1.78. The normalized spacial score (nSPS) is 11.2. The van der Waals surface area contributed by atoms with Crippen LogP contribution in [0.4, 0.5) is 0 Å². The van der Waals surface area contributed by atoms with Crippen molar-refractivity contribution in [2.75, 3.05) is 7.11 Å². The largest absolute Gasteiger partial charge is 0.508 e. The molecule has 0 atom stereocenters. The first-order valence-corrected chi connectivity index (χ1v) is 7.97. The van der Waals surface area contributed by atoms with E-state index in [1.807, 2.05) is 0 Å². The number of aromatic hydroxyl groups is 2. The van der Waals surface area contributed by atoms with E-state index in [-0.39, 0.29) is 29.5 Å². The number of ether oxygens (including phenoxy) is 1. The van der Waals surface area contributed by atoms with E-state index in [2.05, 4.69) is 0 Å². The zero-order valence-electron chi connectivity index (χ0n) is 14.6. The summed E-state index contributed by atoms with van der Waals surface area (Å²) >= 11 is 0. The van der Waals surface area contributed by atoms with Gasteiger partial charge >= 0.3 is 0 Å². The lowest BCUT2D eigenvalue weighted by atomic mass is 10.1. The highest BCUT2D eigenvalue weighted by molar-refractivity contribution is 6.10. The monoisotopic (exact) mass is 352 g/mol. The molecular weight excluding hydrogens is 332 g/mol. The standard InChI is InChI=1S/C21H20O5/c1-14-3-4-15(11-19(14)24)5-8-17(22)13-18(23)9-6-16-7-10-21(26-2)20(25)12-16/h3-12,24-25H,13H2,1-2H3/b8-5+,9-6+. The topological polar surface area (TPSA) is 83.8 Å². The molecule has 0 aromatic heterocycles. The minimum Gasteiger partial charge on any atom is -0.508 e. The van der Waals surface area contributed by atoms with Gasteiger partial charge in [-0.3, -0.25) is 9.59 Å². The van der Waals surface area contributed by atoms with Crippen LogP contribution in [0, 0.1) is 6.92 Å². The maximum atomic E-state index is 11.9. The van der Waals surface area contributed by atoms with Crippen molar-refractivity contribution in [3.63, 3.8) is 0 Å². The zero-order chi connectivity index (χ0) is 19.1. The van der Waals surface area contributed by atoms with E-state index in [9.17, 15) is 19.8 Å². The van der Waals surface area contributed by atoms with Gasteiger partial charge in [-0.15, -0.1) is 0 Å². The molecule has 134 valence electrons. The van der Waals surface area contributed by atoms with E-state index in [1.165, 1.54) is 31.4 Å². The van der Waals surface area contributed by atoms with Crippen LogP contribution in [0.2, 0.25) is 0 Å². The first-order chi connectivity index (χ1) is 12.4. The summed E-state index contributed by atoms with van der Waals surface area (Å²) in [4.78, 5) is 23.7. The maximum Gasteiger partial charge on any atom is 0.163 e. The van der Waals surface area contributed by atoms with Crippen LogP contribution in [0.15, 0.2) is 48.6 Å². The lowest BCUT2D eigenvalue weighted by molar-refractivity contribution is -0.121. The molecule has 2 rings (SSSR count). The van der Waals surface area contributed by atoms with E-state index in [4.69, 9.17) is 4.74 Å². The molecule has 0 fully saturated rings. The third-order valence-electron chi connectivity index (χ3n) is 3.71. The van der Waals surface area contributed by atoms with Crippen LogP contribution >= 0.6 is 0 Å². The third kappa shape index (κ3) is 5.34. The molecule has 0 aliphatic heterocycles. The molecule has 5 heteroatoms. The highest BCUT2D eigenvalue weighted by atomic mass is 16.5. The van der Waals surface area contributed by atoms with Gasteiger partial charge in [-0.05, 0) is 54.0 Å². The molecule has 2 N–H and O–H groups in total.